The number of rotatable bonds is 5. The highest BCUT2D eigenvalue weighted by molar-refractivity contribution is 9.10. The number of nitrogens with zero attached hydrogens (tertiary/aromatic N) is 4. The number of nitrogens with two attached hydrogens (primary N) is 1. The number of aryl methyl sites for hydroxylation is 1. The summed E-state index contributed by atoms with van der Waals surface area (Å²) in [6, 6.07) is 13.4. The predicted octanol–water partition coefficient (Wildman–Crippen LogP) is 6.51. The maximum Gasteiger partial charge on any atom is 0.302 e. The standard InChI is InChI=1S/C22H20BrN5O2.2C2H6/c1-3-18-17(23)11-19-22(26-18)28(21(27-19)16-5-4-10-25-20(16)24)15-8-6-14(7-9-15)12-30-13(2)29;2*1-2/h4-11H,3,12H2,1-2H3,(H2,24,25);2*1-2H3. The van der Waals surface area contributed by atoms with Gasteiger partial charge in [-0.05, 0) is 58.2 Å². The fraction of sp³-hybridized carbons (Fsp3) is 0.308. The van der Waals surface area contributed by atoms with Crippen LogP contribution >= 0.6 is 15.9 Å². The van der Waals surface area contributed by atoms with Crippen LogP contribution in [0, 0.1) is 0 Å². The van der Waals surface area contributed by atoms with Crippen molar-refractivity contribution in [1.82, 2.24) is 19.5 Å². The van der Waals surface area contributed by atoms with Crippen LogP contribution in [0.1, 0.15) is 52.8 Å². The number of fused-ring (bicyclic) bond motifs is 1. The molecule has 0 aliphatic carbocycles. The molecule has 4 rings (SSSR count). The molecule has 7 nitrogen and oxygen atoms in total. The lowest BCUT2D eigenvalue weighted by molar-refractivity contribution is -0.142. The van der Waals surface area contributed by atoms with E-state index < -0.39 is 0 Å². The molecule has 0 bridgehead atoms. The van der Waals surface area contributed by atoms with E-state index in [2.05, 4.69) is 27.8 Å². The van der Waals surface area contributed by atoms with Crippen LogP contribution in [0.2, 0.25) is 0 Å². The van der Waals surface area contributed by atoms with Crippen molar-refractivity contribution in [2.75, 3.05) is 5.73 Å². The van der Waals surface area contributed by atoms with E-state index >= 15 is 0 Å². The van der Waals surface area contributed by atoms with E-state index in [1.807, 2.05) is 74.7 Å². The summed E-state index contributed by atoms with van der Waals surface area (Å²) in [4.78, 5) is 25.0. The second-order valence-electron chi connectivity index (χ2n) is 6.77. The van der Waals surface area contributed by atoms with Gasteiger partial charge in [0.2, 0.25) is 0 Å². The Bertz CT molecular complexity index is 1240. The largest absolute Gasteiger partial charge is 0.461 e. The van der Waals surface area contributed by atoms with E-state index in [0.29, 0.717) is 11.6 Å². The number of aromatic nitrogens is 4. The van der Waals surface area contributed by atoms with Crippen LogP contribution in [0.5, 0.6) is 0 Å². The number of hydrogen-bond acceptors (Lipinski definition) is 6. The van der Waals surface area contributed by atoms with Crippen LogP contribution < -0.4 is 5.73 Å². The van der Waals surface area contributed by atoms with Crippen molar-refractivity contribution in [2.45, 2.75) is 54.6 Å². The highest BCUT2D eigenvalue weighted by Gasteiger charge is 2.19. The number of anilines is 1. The third kappa shape index (κ3) is 5.99. The van der Waals surface area contributed by atoms with E-state index in [0.717, 1.165) is 44.6 Å². The van der Waals surface area contributed by atoms with Crippen LogP contribution in [0.25, 0.3) is 28.2 Å². The lowest BCUT2D eigenvalue weighted by Gasteiger charge is -2.11. The lowest BCUT2D eigenvalue weighted by atomic mass is 10.2. The molecule has 0 amide bonds. The topological polar surface area (TPSA) is 95.9 Å². The summed E-state index contributed by atoms with van der Waals surface area (Å²) in [5.74, 6) is 0.752. The number of benzene rings is 1. The smallest absolute Gasteiger partial charge is 0.302 e. The van der Waals surface area contributed by atoms with Gasteiger partial charge in [0.1, 0.15) is 17.9 Å². The van der Waals surface area contributed by atoms with Gasteiger partial charge in [0.05, 0.1) is 11.3 Å². The Balaban J connectivity index is 0.000000970. The average Bonchev–Trinajstić information content (AvgIpc) is 3.23. The number of halogens is 1. The minimum absolute atomic E-state index is 0.230. The van der Waals surface area contributed by atoms with Crippen LogP contribution in [0.3, 0.4) is 0 Å². The molecular formula is C26H32BrN5O2. The third-order valence-corrected chi connectivity index (χ3v) is 5.40. The molecule has 0 atom stereocenters. The number of imidazole rings is 1. The molecule has 0 saturated heterocycles. The third-order valence-electron chi connectivity index (χ3n) is 4.71. The first-order valence-corrected chi connectivity index (χ1v) is 12.3. The minimum atomic E-state index is -0.309. The van der Waals surface area contributed by atoms with E-state index in [9.17, 15) is 4.79 Å². The number of hydrogen-bond donors (Lipinski definition) is 1. The SMILES string of the molecule is CC.CC.CCc1nc2c(cc1Br)nc(-c1cccnc1N)n2-c1ccc(COC(C)=O)cc1. The zero-order chi connectivity index (χ0) is 25.3. The van der Waals surface area contributed by atoms with E-state index in [1.54, 1.807) is 6.20 Å². The summed E-state index contributed by atoms with van der Waals surface area (Å²) in [5, 5.41) is 0. The molecule has 180 valence electrons. The Morgan fingerprint density at radius 2 is 1.76 bits per heavy atom. The molecule has 0 aliphatic rings. The maximum atomic E-state index is 11.1. The summed E-state index contributed by atoms with van der Waals surface area (Å²) in [7, 11) is 0. The van der Waals surface area contributed by atoms with Crippen molar-refractivity contribution in [1.29, 1.82) is 0 Å². The van der Waals surface area contributed by atoms with Crippen molar-refractivity contribution in [3.8, 4) is 17.1 Å². The molecule has 0 radical (unpaired) electrons. The number of ether oxygens (including phenoxy) is 1. The van der Waals surface area contributed by atoms with E-state index in [-0.39, 0.29) is 12.6 Å². The normalized spacial score (nSPS) is 10.1. The monoisotopic (exact) mass is 525 g/mol. The van der Waals surface area contributed by atoms with Gasteiger partial charge in [-0.1, -0.05) is 46.8 Å². The number of carbonyl (C=O) groups is 1. The molecule has 34 heavy (non-hydrogen) atoms. The van der Waals surface area contributed by atoms with Gasteiger partial charge in [0, 0.05) is 23.3 Å². The number of pyridine rings is 2. The number of nitrogen functional groups attached to an aromatic ring is 1. The van der Waals surface area contributed by atoms with Crippen LogP contribution in [0.4, 0.5) is 5.82 Å². The quantitative estimate of drug-likeness (QED) is 0.298. The Labute approximate surface area is 209 Å². The van der Waals surface area contributed by atoms with Crippen molar-refractivity contribution >= 4 is 38.9 Å². The molecule has 0 unspecified atom stereocenters. The maximum absolute atomic E-state index is 11.1. The molecule has 1 aromatic carbocycles. The summed E-state index contributed by atoms with van der Waals surface area (Å²) in [6.45, 7) is 11.7. The molecule has 3 aromatic heterocycles. The van der Waals surface area contributed by atoms with Gasteiger partial charge in [-0.3, -0.25) is 9.36 Å². The molecule has 0 fully saturated rings. The summed E-state index contributed by atoms with van der Waals surface area (Å²) in [6.07, 6.45) is 2.44. The molecule has 4 aromatic rings. The van der Waals surface area contributed by atoms with E-state index in [4.69, 9.17) is 20.4 Å². The zero-order valence-corrected chi connectivity index (χ0v) is 22.2. The van der Waals surface area contributed by atoms with Crippen LogP contribution in [-0.2, 0) is 22.6 Å². The Morgan fingerprint density at radius 1 is 1.09 bits per heavy atom. The molecule has 0 saturated carbocycles. The van der Waals surface area contributed by atoms with Crippen molar-refractivity contribution in [3.05, 3.63) is 64.4 Å². The molecule has 8 heteroatoms. The fourth-order valence-corrected chi connectivity index (χ4v) is 3.81. The van der Waals surface area contributed by atoms with Crippen LogP contribution in [0.15, 0.2) is 53.1 Å². The van der Waals surface area contributed by atoms with Gasteiger partial charge < -0.3 is 10.5 Å². The Morgan fingerprint density at radius 3 is 2.35 bits per heavy atom. The van der Waals surface area contributed by atoms with Gasteiger partial charge in [-0.25, -0.2) is 15.0 Å². The van der Waals surface area contributed by atoms with Gasteiger partial charge in [-0.15, -0.1) is 0 Å². The van der Waals surface area contributed by atoms with Gasteiger partial charge in [0.15, 0.2) is 11.5 Å². The van der Waals surface area contributed by atoms with Crippen molar-refractivity contribution in [2.24, 2.45) is 0 Å². The molecular weight excluding hydrogens is 494 g/mol. The average molecular weight is 526 g/mol. The zero-order valence-electron chi connectivity index (χ0n) is 20.6. The lowest BCUT2D eigenvalue weighted by Crippen LogP contribution is -2.03. The first-order valence-electron chi connectivity index (χ1n) is 11.5. The molecule has 0 spiro atoms. The second-order valence-corrected chi connectivity index (χ2v) is 7.62. The Kier molecular flexibility index (Phi) is 10.2. The summed E-state index contributed by atoms with van der Waals surface area (Å²) in [5.41, 5.74) is 11.1. The predicted molar refractivity (Wildman–Crippen MR) is 142 cm³/mol. The highest BCUT2D eigenvalue weighted by atomic mass is 79.9. The summed E-state index contributed by atoms with van der Waals surface area (Å²) < 4.78 is 7.98. The van der Waals surface area contributed by atoms with Gasteiger partial charge >= 0.3 is 5.97 Å². The van der Waals surface area contributed by atoms with E-state index in [1.165, 1.54) is 6.92 Å². The Hall–Kier alpha value is -3.26. The number of carbonyl (C=O) groups excluding carboxylic acids is 1. The fourth-order valence-electron chi connectivity index (χ4n) is 3.22. The molecule has 0 aliphatic heterocycles. The first-order chi connectivity index (χ1) is 16.5. The second kappa shape index (κ2) is 12.8. The molecule has 2 N–H and O–H groups in total. The molecule has 3 heterocycles. The minimum Gasteiger partial charge on any atom is -0.461 e. The first kappa shape index (κ1) is 27.0. The van der Waals surface area contributed by atoms with Crippen molar-refractivity contribution < 1.29 is 9.53 Å². The summed E-state index contributed by atoms with van der Waals surface area (Å²) >= 11 is 3.59. The number of esters is 1. The van der Waals surface area contributed by atoms with Crippen molar-refractivity contribution in [3.63, 3.8) is 0 Å². The van der Waals surface area contributed by atoms with Crippen LogP contribution in [-0.4, -0.2) is 25.5 Å². The van der Waals surface area contributed by atoms with Gasteiger partial charge in [-0.2, -0.15) is 0 Å². The van der Waals surface area contributed by atoms with Gasteiger partial charge in [0.25, 0.3) is 0 Å². The highest BCUT2D eigenvalue weighted by Crippen LogP contribution is 2.32.